The van der Waals surface area contributed by atoms with Crippen LogP contribution in [0.2, 0.25) is 0 Å². The molecule has 0 aliphatic rings. The molecule has 1 aromatic heterocycles. The van der Waals surface area contributed by atoms with Gasteiger partial charge in [0.25, 0.3) is 0 Å². The van der Waals surface area contributed by atoms with Gasteiger partial charge in [-0.2, -0.15) is 0 Å². The van der Waals surface area contributed by atoms with Crippen LogP contribution in [-0.2, 0) is 16.1 Å². The van der Waals surface area contributed by atoms with E-state index in [0.29, 0.717) is 12.8 Å². The zero-order valence-electron chi connectivity index (χ0n) is 13.3. The quantitative estimate of drug-likeness (QED) is 0.681. The fraction of sp³-hybridized carbons (Fsp3) is 0.222. The van der Waals surface area contributed by atoms with Crippen LogP contribution in [0.15, 0.2) is 54.6 Å². The molecule has 0 atom stereocenters. The number of fused-ring (bicyclic) bond motifs is 1. The minimum Gasteiger partial charge on any atom is -0.296 e. The highest BCUT2D eigenvalue weighted by molar-refractivity contribution is 5.79. The standard InChI is InChI=1S/C18H19N3O2/c1-20(23-2)18(22)13-12-17-19-15-10-6-7-11-16(15)21(17)14-8-4-3-5-9-14/h3-11H,12-13H2,1-2H3. The Labute approximate surface area is 135 Å². The van der Waals surface area contributed by atoms with Crippen molar-refractivity contribution in [2.75, 3.05) is 14.2 Å². The lowest BCUT2D eigenvalue weighted by Crippen LogP contribution is -2.25. The molecule has 0 bridgehead atoms. The summed E-state index contributed by atoms with van der Waals surface area (Å²) >= 11 is 0. The van der Waals surface area contributed by atoms with E-state index >= 15 is 0 Å². The average molecular weight is 309 g/mol. The molecule has 5 nitrogen and oxygen atoms in total. The van der Waals surface area contributed by atoms with Gasteiger partial charge in [-0.15, -0.1) is 0 Å². The largest absolute Gasteiger partial charge is 0.296 e. The van der Waals surface area contributed by atoms with Crippen LogP contribution in [0.25, 0.3) is 16.7 Å². The molecule has 3 rings (SSSR count). The molecule has 0 fully saturated rings. The van der Waals surface area contributed by atoms with Crippen LogP contribution < -0.4 is 0 Å². The van der Waals surface area contributed by atoms with Gasteiger partial charge in [0.1, 0.15) is 5.82 Å². The van der Waals surface area contributed by atoms with Crippen LogP contribution in [0.3, 0.4) is 0 Å². The van der Waals surface area contributed by atoms with E-state index in [2.05, 4.69) is 4.57 Å². The molecule has 0 radical (unpaired) electrons. The van der Waals surface area contributed by atoms with Crippen LogP contribution >= 0.6 is 0 Å². The predicted molar refractivity (Wildman–Crippen MR) is 89.2 cm³/mol. The van der Waals surface area contributed by atoms with Crippen molar-refractivity contribution in [2.45, 2.75) is 12.8 Å². The summed E-state index contributed by atoms with van der Waals surface area (Å²) < 4.78 is 2.11. The Hall–Kier alpha value is -2.66. The van der Waals surface area contributed by atoms with E-state index in [4.69, 9.17) is 9.82 Å². The van der Waals surface area contributed by atoms with Crippen LogP contribution in [0.5, 0.6) is 0 Å². The maximum atomic E-state index is 12.0. The van der Waals surface area contributed by atoms with Crippen LogP contribution in [0.1, 0.15) is 12.2 Å². The van der Waals surface area contributed by atoms with Gasteiger partial charge in [-0.1, -0.05) is 30.3 Å². The van der Waals surface area contributed by atoms with Crippen LogP contribution in [0.4, 0.5) is 0 Å². The van der Waals surface area contributed by atoms with Crippen LogP contribution in [-0.4, -0.2) is 34.7 Å². The van der Waals surface area contributed by atoms with Crippen molar-refractivity contribution in [1.29, 1.82) is 0 Å². The van der Waals surface area contributed by atoms with Crippen molar-refractivity contribution < 1.29 is 9.63 Å². The predicted octanol–water partition coefficient (Wildman–Crippen LogP) is 2.98. The number of imidazole rings is 1. The molecule has 0 saturated carbocycles. The molecule has 0 aliphatic heterocycles. The number of nitrogens with zero attached hydrogens (tertiary/aromatic N) is 3. The second kappa shape index (κ2) is 6.62. The molecular weight excluding hydrogens is 290 g/mol. The fourth-order valence-corrected chi connectivity index (χ4v) is 2.59. The zero-order valence-corrected chi connectivity index (χ0v) is 13.3. The van der Waals surface area contributed by atoms with E-state index in [-0.39, 0.29) is 5.91 Å². The van der Waals surface area contributed by atoms with Gasteiger partial charge < -0.3 is 0 Å². The molecule has 0 spiro atoms. The van der Waals surface area contributed by atoms with Gasteiger partial charge in [0.15, 0.2) is 0 Å². The van der Waals surface area contributed by atoms with Crippen molar-refractivity contribution in [3.63, 3.8) is 0 Å². The number of amides is 1. The third kappa shape index (κ3) is 3.10. The number of rotatable bonds is 5. The van der Waals surface area contributed by atoms with Crippen molar-refractivity contribution in [1.82, 2.24) is 14.6 Å². The first-order chi connectivity index (χ1) is 11.2. The average Bonchev–Trinajstić information content (AvgIpc) is 2.98. The first kappa shape index (κ1) is 15.2. The van der Waals surface area contributed by atoms with Gasteiger partial charge in [-0.05, 0) is 24.3 Å². The normalized spacial score (nSPS) is 10.9. The first-order valence-corrected chi connectivity index (χ1v) is 7.53. The molecule has 1 heterocycles. The highest BCUT2D eigenvalue weighted by atomic mass is 16.7. The third-order valence-corrected chi connectivity index (χ3v) is 3.83. The van der Waals surface area contributed by atoms with E-state index in [1.165, 1.54) is 12.2 Å². The molecule has 23 heavy (non-hydrogen) atoms. The minimum absolute atomic E-state index is 0.0702. The number of hydrogen-bond acceptors (Lipinski definition) is 3. The van der Waals surface area contributed by atoms with Gasteiger partial charge >= 0.3 is 0 Å². The Bertz CT molecular complexity index is 812. The van der Waals surface area contributed by atoms with Crippen molar-refractivity contribution in [2.24, 2.45) is 0 Å². The Kier molecular flexibility index (Phi) is 4.39. The second-order valence-corrected chi connectivity index (χ2v) is 5.26. The van der Waals surface area contributed by atoms with E-state index in [1.807, 2.05) is 54.6 Å². The van der Waals surface area contributed by atoms with Gasteiger partial charge in [-0.3, -0.25) is 14.2 Å². The van der Waals surface area contributed by atoms with Gasteiger partial charge in [0.05, 0.1) is 18.1 Å². The number of benzene rings is 2. The highest BCUT2D eigenvalue weighted by Gasteiger charge is 2.15. The van der Waals surface area contributed by atoms with Crippen molar-refractivity contribution >= 4 is 16.9 Å². The second-order valence-electron chi connectivity index (χ2n) is 5.26. The van der Waals surface area contributed by atoms with Crippen LogP contribution in [0, 0.1) is 0 Å². The molecule has 0 N–H and O–H groups in total. The molecular formula is C18H19N3O2. The van der Waals surface area contributed by atoms with Gasteiger partial charge in [-0.25, -0.2) is 10.0 Å². The summed E-state index contributed by atoms with van der Waals surface area (Å²) in [6.45, 7) is 0. The summed E-state index contributed by atoms with van der Waals surface area (Å²) in [5, 5.41) is 1.25. The summed E-state index contributed by atoms with van der Waals surface area (Å²) in [5.74, 6) is 0.800. The summed E-state index contributed by atoms with van der Waals surface area (Å²) in [4.78, 5) is 21.6. The number of para-hydroxylation sites is 3. The SMILES string of the molecule is CON(C)C(=O)CCc1nc2ccccc2n1-c1ccccc1. The third-order valence-electron chi connectivity index (χ3n) is 3.83. The lowest BCUT2D eigenvalue weighted by Gasteiger charge is -2.14. The number of carbonyl (C=O) groups excluding carboxylic acids is 1. The molecule has 0 aliphatic carbocycles. The first-order valence-electron chi connectivity index (χ1n) is 7.53. The summed E-state index contributed by atoms with van der Waals surface area (Å²) in [5.41, 5.74) is 3.02. The smallest absolute Gasteiger partial charge is 0.246 e. The maximum Gasteiger partial charge on any atom is 0.246 e. The van der Waals surface area contributed by atoms with Gasteiger partial charge in [0, 0.05) is 25.6 Å². The Morgan fingerprint density at radius 1 is 1.13 bits per heavy atom. The molecule has 5 heteroatoms. The molecule has 118 valence electrons. The fourth-order valence-electron chi connectivity index (χ4n) is 2.59. The monoisotopic (exact) mass is 309 g/mol. The van der Waals surface area contributed by atoms with E-state index in [1.54, 1.807) is 7.05 Å². The minimum atomic E-state index is -0.0702. The number of hydrogen-bond donors (Lipinski definition) is 0. The highest BCUT2D eigenvalue weighted by Crippen LogP contribution is 2.22. The molecule has 0 unspecified atom stereocenters. The number of hydroxylamine groups is 2. The Balaban J connectivity index is 1.98. The molecule has 3 aromatic rings. The molecule has 0 saturated heterocycles. The number of carbonyl (C=O) groups is 1. The topological polar surface area (TPSA) is 47.4 Å². The summed E-state index contributed by atoms with van der Waals surface area (Å²) in [6.07, 6.45) is 0.899. The van der Waals surface area contributed by atoms with E-state index < -0.39 is 0 Å². The Morgan fingerprint density at radius 2 is 1.83 bits per heavy atom. The molecule has 2 aromatic carbocycles. The van der Waals surface area contributed by atoms with E-state index in [0.717, 1.165) is 22.5 Å². The summed E-state index contributed by atoms with van der Waals surface area (Å²) in [6, 6.07) is 18.1. The Morgan fingerprint density at radius 3 is 2.57 bits per heavy atom. The van der Waals surface area contributed by atoms with Crippen molar-refractivity contribution in [3.8, 4) is 5.69 Å². The zero-order chi connectivity index (χ0) is 16.2. The maximum absolute atomic E-state index is 12.0. The lowest BCUT2D eigenvalue weighted by molar-refractivity contribution is -0.168. The molecule has 1 amide bonds. The number of aromatic nitrogens is 2. The van der Waals surface area contributed by atoms with Crippen molar-refractivity contribution in [3.05, 3.63) is 60.4 Å². The number of aryl methyl sites for hydroxylation is 1. The van der Waals surface area contributed by atoms with Gasteiger partial charge in [0.2, 0.25) is 5.91 Å². The van der Waals surface area contributed by atoms with E-state index in [9.17, 15) is 4.79 Å². The summed E-state index contributed by atoms with van der Waals surface area (Å²) in [7, 11) is 3.10. The lowest BCUT2D eigenvalue weighted by atomic mass is 10.2.